The zero-order valence-electron chi connectivity index (χ0n) is 19.0. The smallest absolute Gasteiger partial charge is 0.253 e. The molecule has 1 aliphatic heterocycles. The van der Waals surface area contributed by atoms with Crippen LogP contribution in [0.3, 0.4) is 0 Å². The highest BCUT2D eigenvalue weighted by Crippen LogP contribution is 2.26. The van der Waals surface area contributed by atoms with E-state index in [1.165, 1.54) is 0 Å². The molecule has 0 radical (unpaired) electrons. The van der Waals surface area contributed by atoms with Crippen LogP contribution in [0, 0.1) is 12.8 Å². The van der Waals surface area contributed by atoms with E-state index in [0.29, 0.717) is 17.0 Å². The molecular weight excluding hydrogens is 440 g/mol. The van der Waals surface area contributed by atoms with Gasteiger partial charge in [-0.1, -0.05) is 48.8 Å². The number of benzene rings is 2. The van der Waals surface area contributed by atoms with Crippen molar-refractivity contribution in [1.82, 2.24) is 19.8 Å². The van der Waals surface area contributed by atoms with Crippen LogP contribution in [-0.4, -0.2) is 42.5 Å². The number of nitrogens with one attached hydrogen (secondary N) is 1. The Morgan fingerprint density at radius 3 is 2.45 bits per heavy atom. The number of carbonyl (C=O) groups excluding carboxylic acids is 1. The van der Waals surface area contributed by atoms with Crippen LogP contribution in [0.15, 0.2) is 57.9 Å². The first-order valence-corrected chi connectivity index (χ1v) is 12.6. The van der Waals surface area contributed by atoms with E-state index >= 15 is 0 Å². The maximum atomic E-state index is 12.9. The summed E-state index contributed by atoms with van der Waals surface area (Å²) in [7, 11) is -3.78. The van der Waals surface area contributed by atoms with Gasteiger partial charge in [0.15, 0.2) is 0 Å². The number of likely N-dealkylation sites (tertiary alicyclic amines) is 1. The first kappa shape index (κ1) is 23.1. The number of amides is 1. The van der Waals surface area contributed by atoms with Gasteiger partial charge in [-0.05, 0) is 49.9 Å². The van der Waals surface area contributed by atoms with Gasteiger partial charge in [-0.3, -0.25) is 4.79 Å². The molecule has 0 unspecified atom stereocenters. The molecule has 2 heterocycles. The van der Waals surface area contributed by atoms with E-state index in [1.54, 1.807) is 48.5 Å². The molecule has 1 aliphatic rings. The minimum atomic E-state index is -3.78. The lowest BCUT2D eigenvalue weighted by atomic mass is 10.1. The van der Waals surface area contributed by atoms with Crippen molar-refractivity contribution in [1.29, 1.82) is 0 Å². The molecule has 1 saturated heterocycles. The largest absolute Gasteiger partial charge is 0.339 e. The van der Waals surface area contributed by atoms with Crippen molar-refractivity contribution >= 4 is 15.9 Å². The highest BCUT2D eigenvalue weighted by atomic mass is 32.2. The number of sulfonamides is 1. The third-order valence-electron chi connectivity index (χ3n) is 5.75. The monoisotopic (exact) mass is 468 g/mol. The van der Waals surface area contributed by atoms with Crippen LogP contribution in [-0.2, 0) is 10.0 Å². The number of hydrogen-bond donors (Lipinski definition) is 1. The molecule has 174 valence electrons. The van der Waals surface area contributed by atoms with Crippen LogP contribution >= 0.6 is 0 Å². The maximum absolute atomic E-state index is 12.9. The average molecular weight is 469 g/mol. The molecule has 1 atom stereocenters. The summed E-state index contributed by atoms with van der Waals surface area (Å²) in [5.41, 5.74) is 2.18. The maximum Gasteiger partial charge on any atom is 0.253 e. The summed E-state index contributed by atoms with van der Waals surface area (Å²) >= 11 is 0. The van der Waals surface area contributed by atoms with E-state index in [9.17, 15) is 13.2 Å². The van der Waals surface area contributed by atoms with Crippen LogP contribution < -0.4 is 4.72 Å². The van der Waals surface area contributed by atoms with Gasteiger partial charge in [0.05, 0.1) is 4.90 Å². The number of carbonyl (C=O) groups is 1. The molecule has 3 aromatic rings. The molecular formula is C24H28N4O4S. The number of aryl methyl sites for hydroxylation is 1. The Bertz CT molecular complexity index is 1230. The van der Waals surface area contributed by atoms with Crippen molar-refractivity contribution in [2.45, 2.75) is 44.6 Å². The number of aromatic nitrogens is 2. The summed E-state index contributed by atoms with van der Waals surface area (Å²) in [5, 5.41) is 4.06. The van der Waals surface area contributed by atoms with Crippen LogP contribution in [0.2, 0.25) is 0 Å². The third-order valence-corrected chi connectivity index (χ3v) is 7.21. The molecule has 0 bridgehead atoms. The van der Waals surface area contributed by atoms with Gasteiger partial charge in [-0.2, -0.15) is 9.71 Å². The second-order valence-corrected chi connectivity index (χ2v) is 10.4. The predicted molar refractivity (Wildman–Crippen MR) is 124 cm³/mol. The molecule has 0 spiro atoms. The molecule has 2 aromatic carbocycles. The predicted octanol–water partition coefficient (Wildman–Crippen LogP) is 3.96. The topological polar surface area (TPSA) is 105 Å². The minimum Gasteiger partial charge on any atom is -0.339 e. The Balaban J connectivity index is 1.57. The molecule has 1 amide bonds. The van der Waals surface area contributed by atoms with Gasteiger partial charge < -0.3 is 9.42 Å². The van der Waals surface area contributed by atoms with Gasteiger partial charge in [0, 0.05) is 24.2 Å². The standard InChI is InChI=1S/C24H28N4O4S/c1-16(2)21(27-33(30,31)20-11-9-17(3)10-12-20)23-25-22(26-32-23)18-7-6-8-19(15-18)24(29)28-13-4-5-14-28/h6-12,15-16,21,27H,4-5,13-14H2,1-3H3/t21-/m0/s1. The lowest BCUT2D eigenvalue weighted by Crippen LogP contribution is -2.32. The first-order chi connectivity index (χ1) is 15.7. The summed E-state index contributed by atoms with van der Waals surface area (Å²) in [6, 6.07) is 13.0. The fraction of sp³-hybridized carbons (Fsp3) is 0.375. The fourth-order valence-electron chi connectivity index (χ4n) is 3.80. The SMILES string of the molecule is Cc1ccc(S(=O)(=O)N[C@H](c2nc(-c3cccc(C(=O)N4CCCC4)c3)no2)C(C)C)cc1. The summed E-state index contributed by atoms with van der Waals surface area (Å²) in [6.45, 7) is 7.19. The van der Waals surface area contributed by atoms with Crippen molar-refractivity contribution in [2.75, 3.05) is 13.1 Å². The molecule has 0 saturated carbocycles. The Kier molecular flexibility index (Phi) is 6.62. The van der Waals surface area contributed by atoms with Crippen molar-refractivity contribution in [3.05, 3.63) is 65.5 Å². The Morgan fingerprint density at radius 1 is 1.09 bits per heavy atom. The van der Waals surface area contributed by atoms with Gasteiger partial charge in [0.25, 0.3) is 5.91 Å². The van der Waals surface area contributed by atoms with E-state index in [1.807, 2.05) is 25.7 Å². The molecule has 33 heavy (non-hydrogen) atoms. The van der Waals surface area contributed by atoms with Gasteiger partial charge >= 0.3 is 0 Å². The normalized spacial score (nSPS) is 15.2. The zero-order valence-corrected chi connectivity index (χ0v) is 19.8. The molecule has 0 aliphatic carbocycles. The Hall–Kier alpha value is -3.04. The highest BCUT2D eigenvalue weighted by molar-refractivity contribution is 7.89. The van der Waals surface area contributed by atoms with Gasteiger partial charge in [-0.25, -0.2) is 8.42 Å². The van der Waals surface area contributed by atoms with E-state index in [4.69, 9.17) is 4.52 Å². The number of nitrogens with zero attached hydrogens (tertiary/aromatic N) is 3. The fourth-order valence-corrected chi connectivity index (χ4v) is 5.13. The van der Waals surface area contributed by atoms with Gasteiger partial charge in [0.1, 0.15) is 6.04 Å². The van der Waals surface area contributed by atoms with Crippen molar-refractivity contribution < 1.29 is 17.7 Å². The molecule has 8 nitrogen and oxygen atoms in total. The lowest BCUT2D eigenvalue weighted by Gasteiger charge is -2.18. The van der Waals surface area contributed by atoms with Gasteiger partial charge in [-0.15, -0.1) is 0 Å². The van der Waals surface area contributed by atoms with E-state index < -0.39 is 16.1 Å². The van der Waals surface area contributed by atoms with E-state index in [-0.39, 0.29) is 22.6 Å². The van der Waals surface area contributed by atoms with Crippen molar-refractivity contribution in [2.24, 2.45) is 5.92 Å². The first-order valence-electron chi connectivity index (χ1n) is 11.1. The second-order valence-electron chi connectivity index (χ2n) is 8.69. The molecule has 9 heteroatoms. The van der Waals surface area contributed by atoms with Crippen LogP contribution in [0.4, 0.5) is 0 Å². The third kappa shape index (κ3) is 5.15. The van der Waals surface area contributed by atoms with E-state index in [2.05, 4.69) is 14.9 Å². The zero-order chi connectivity index (χ0) is 23.6. The average Bonchev–Trinajstić information content (AvgIpc) is 3.50. The van der Waals surface area contributed by atoms with Gasteiger partial charge in [0.2, 0.25) is 21.7 Å². The summed E-state index contributed by atoms with van der Waals surface area (Å²) in [4.78, 5) is 19.2. The summed E-state index contributed by atoms with van der Waals surface area (Å²) in [5.74, 6) is 0.332. The van der Waals surface area contributed by atoms with Crippen LogP contribution in [0.25, 0.3) is 11.4 Å². The quantitative estimate of drug-likeness (QED) is 0.563. The molecule has 1 aromatic heterocycles. The summed E-state index contributed by atoms with van der Waals surface area (Å²) in [6.07, 6.45) is 2.05. The van der Waals surface area contributed by atoms with Crippen LogP contribution in [0.1, 0.15) is 54.5 Å². The van der Waals surface area contributed by atoms with Crippen LogP contribution in [0.5, 0.6) is 0 Å². The molecule has 1 N–H and O–H groups in total. The second kappa shape index (κ2) is 9.44. The molecule has 4 rings (SSSR count). The summed E-state index contributed by atoms with van der Waals surface area (Å²) < 4.78 is 34.0. The van der Waals surface area contributed by atoms with Crippen molar-refractivity contribution in [3.63, 3.8) is 0 Å². The Morgan fingerprint density at radius 2 is 1.79 bits per heavy atom. The van der Waals surface area contributed by atoms with E-state index in [0.717, 1.165) is 31.5 Å². The number of rotatable bonds is 7. The van der Waals surface area contributed by atoms with Crippen molar-refractivity contribution in [3.8, 4) is 11.4 Å². The lowest BCUT2D eigenvalue weighted by molar-refractivity contribution is 0.0793. The number of hydrogen-bond acceptors (Lipinski definition) is 6. The highest BCUT2D eigenvalue weighted by Gasteiger charge is 2.29. The molecule has 1 fully saturated rings. The minimum absolute atomic E-state index is 0.0102. The Labute approximate surface area is 194 Å².